The molecule has 0 heterocycles. The van der Waals surface area contributed by atoms with Crippen LogP contribution in [0, 0.1) is 23.0 Å². The van der Waals surface area contributed by atoms with Crippen LogP contribution >= 0.6 is 27.5 Å². The first-order chi connectivity index (χ1) is 9.51. The van der Waals surface area contributed by atoms with Crippen LogP contribution in [0.2, 0.25) is 5.02 Å². The summed E-state index contributed by atoms with van der Waals surface area (Å²) < 4.78 is 32.4. The summed E-state index contributed by atoms with van der Waals surface area (Å²) in [5.41, 5.74) is 0.687. The summed E-state index contributed by atoms with van der Waals surface area (Å²) in [5, 5.41) is 8.89. The molecule has 6 heteroatoms. The fourth-order valence-electron chi connectivity index (χ4n) is 1.56. The molecule has 0 bridgehead atoms. The molecule has 0 saturated heterocycles. The lowest BCUT2D eigenvalue weighted by Gasteiger charge is -2.10. The lowest BCUT2D eigenvalue weighted by molar-refractivity contribution is 0.301. The summed E-state index contributed by atoms with van der Waals surface area (Å²) in [6.07, 6.45) is 0. The van der Waals surface area contributed by atoms with Crippen LogP contribution in [-0.4, -0.2) is 0 Å². The second-order valence-electron chi connectivity index (χ2n) is 3.90. The van der Waals surface area contributed by atoms with Gasteiger partial charge in [-0.1, -0.05) is 11.6 Å². The first-order valence-corrected chi connectivity index (χ1v) is 6.64. The molecule has 0 N–H and O–H groups in total. The van der Waals surface area contributed by atoms with Crippen LogP contribution in [0.1, 0.15) is 11.1 Å². The van der Waals surface area contributed by atoms with Gasteiger partial charge in [0.1, 0.15) is 24.0 Å². The molecule has 0 aromatic heterocycles. The third-order valence-corrected chi connectivity index (χ3v) is 3.46. The summed E-state index contributed by atoms with van der Waals surface area (Å²) in [6.45, 7) is -0.0552. The molecule has 20 heavy (non-hydrogen) atoms. The fourth-order valence-corrected chi connectivity index (χ4v) is 2.31. The number of nitrogens with zero attached hydrogens (tertiary/aromatic N) is 1. The van der Waals surface area contributed by atoms with E-state index < -0.39 is 11.6 Å². The van der Waals surface area contributed by atoms with E-state index in [2.05, 4.69) is 15.9 Å². The van der Waals surface area contributed by atoms with Gasteiger partial charge in [-0.3, -0.25) is 0 Å². The van der Waals surface area contributed by atoms with Crippen LogP contribution in [-0.2, 0) is 6.61 Å². The first kappa shape index (κ1) is 14.8. The summed E-state index contributed by atoms with van der Waals surface area (Å²) in [5.74, 6) is -0.867. The molecule has 0 unspecified atom stereocenters. The largest absolute Gasteiger partial charge is 0.488 e. The molecule has 0 amide bonds. The average Bonchev–Trinajstić information content (AvgIpc) is 2.41. The summed E-state index contributed by atoms with van der Waals surface area (Å²) in [6, 6.07) is 8.20. The van der Waals surface area contributed by atoms with Crippen LogP contribution < -0.4 is 4.74 Å². The van der Waals surface area contributed by atoms with Gasteiger partial charge in [0.25, 0.3) is 0 Å². The van der Waals surface area contributed by atoms with Crippen LogP contribution in [0.15, 0.2) is 34.8 Å². The standard InChI is InChI=1S/C14H7BrClF2NO/c15-11-4-12(16)13(18)5-14(11)20-7-9-3-10(17)2-1-8(9)6-19/h1-5H,7H2. The number of ether oxygens (including phenoxy) is 1. The van der Waals surface area contributed by atoms with Gasteiger partial charge in [0, 0.05) is 11.6 Å². The predicted molar refractivity (Wildman–Crippen MR) is 74.6 cm³/mol. The van der Waals surface area contributed by atoms with Gasteiger partial charge in [-0.15, -0.1) is 0 Å². The van der Waals surface area contributed by atoms with Gasteiger partial charge in [-0.05, 0) is 40.2 Å². The number of benzene rings is 2. The second-order valence-corrected chi connectivity index (χ2v) is 5.16. The number of hydrogen-bond acceptors (Lipinski definition) is 2. The summed E-state index contributed by atoms with van der Waals surface area (Å²) >= 11 is 8.81. The van der Waals surface area contributed by atoms with Gasteiger partial charge < -0.3 is 4.74 Å². The first-order valence-electron chi connectivity index (χ1n) is 5.47. The lowest BCUT2D eigenvalue weighted by Crippen LogP contribution is -2.00. The van der Waals surface area contributed by atoms with Crippen LogP contribution in [0.5, 0.6) is 5.75 Å². The van der Waals surface area contributed by atoms with E-state index in [1.54, 1.807) is 0 Å². The van der Waals surface area contributed by atoms with Crippen molar-refractivity contribution in [3.05, 3.63) is 62.6 Å². The minimum Gasteiger partial charge on any atom is -0.488 e. The van der Waals surface area contributed by atoms with Crippen molar-refractivity contribution in [1.82, 2.24) is 0 Å². The van der Waals surface area contributed by atoms with Crippen molar-refractivity contribution in [1.29, 1.82) is 5.26 Å². The minimum absolute atomic E-state index is 0.0345. The van der Waals surface area contributed by atoms with E-state index in [0.29, 0.717) is 15.6 Å². The Morgan fingerprint density at radius 3 is 2.70 bits per heavy atom. The van der Waals surface area contributed by atoms with Gasteiger partial charge in [-0.2, -0.15) is 5.26 Å². The van der Waals surface area contributed by atoms with Crippen LogP contribution in [0.25, 0.3) is 0 Å². The van der Waals surface area contributed by atoms with E-state index >= 15 is 0 Å². The minimum atomic E-state index is -0.621. The Hall–Kier alpha value is -1.64. The van der Waals surface area contributed by atoms with Crippen molar-refractivity contribution < 1.29 is 13.5 Å². The molecular weight excluding hydrogens is 352 g/mol. The predicted octanol–water partition coefficient (Wildman–Crippen LogP) is 4.83. The normalized spacial score (nSPS) is 10.2. The third-order valence-electron chi connectivity index (χ3n) is 2.55. The van der Waals surface area contributed by atoms with Crippen molar-refractivity contribution >= 4 is 27.5 Å². The molecular formula is C14H7BrClF2NO. The van der Waals surface area contributed by atoms with Gasteiger partial charge in [0.05, 0.1) is 21.1 Å². The molecule has 2 aromatic carbocycles. The van der Waals surface area contributed by atoms with E-state index in [1.165, 1.54) is 24.3 Å². The van der Waals surface area contributed by atoms with Crippen LogP contribution in [0.3, 0.4) is 0 Å². The quantitative estimate of drug-likeness (QED) is 0.736. The smallest absolute Gasteiger partial charge is 0.145 e. The lowest BCUT2D eigenvalue weighted by atomic mass is 10.1. The molecule has 102 valence electrons. The Balaban J connectivity index is 2.23. The molecule has 2 rings (SSSR count). The van der Waals surface area contributed by atoms with Gasteiger partial charge >= 0.3 is 0 Å². The maximum Gasteiger partial charge on any atom is 0.145 e. The van der Waals surface area contributed by atoms with E-state index in [0.717, 1.165) is 6.07 Å². The molecule has 0 radical (unpaired) electrons. The zero-order chi connectivity index (χ0) is 14.7. The molecule has 0 aliphatic rings. The van der Waals surface area contributed by atoms with Crippen LogP contribution in [0.4, 0.5) is 8.78 Å². The topological polar surface area (TPSA) is 33.0 Å². The Morgan fingerprint density at radius 2 is 2.00 bits per heavy atom. The Labute approximate surface area is 127 Å². The van der Waals surface area contributed by atoms with Gasteiger partial charge in [0.15, 0.2) is 0 Å². The van der Waals surface area contributed by atoms with Crippen molar-refractivity contribution in [3.63, 3.8) is 0 Å². The third kappa shape index (κ3) is 3.27. The highest BCUT2D eigenvalue weighted by molar-refractivity contribution is 9.10. The van der Waals surface area contributed by atoms with E-state index in [9.17, 15) is 8.78 Å². The van der Waals surface area contributed by atoms with Gasteiger partial charge in [-0.25, -0.2) is 8.78 Å². The highest BCUT2D eigenvalue weighted by Gasteiger charge is 2.10. The fraction of sp³-hybridized carbons (Fsp3) is 0.0714. The van der Waals surface area contributed by atoms with Crippen molar-refractivity contribution in [2.24, 2.45) is 0 Å². The molecule has 0 aliphatic heterocycles. The molecule has 2 aromatic rings. The zero-order valence-corrected chi connectivity index (χ0v) is 12.3. The molecule has 2 nitrogen and oxygen atoms in total. The highest BCUT2D eigenvalue weighted by atomic mass is 79.9. The van der Waals surface area contributed by atoms with Crippen molar-refractivity contribution in [3.8, 4) is 11.8 Å². The SMILES string of the molecule is N#Cc1ccc(F)cc1COc1cc(F)c(Cl)cc1Br. The Bertz CT molecular complexity index is 700. The average molecular weight is 359 g/mol. The molecule has 0 aliphatic carbocycles. The Morgan fingerprint density at radius 1 is 1.25 bits per heavy atom. The number of rotatable bonds is 3. The van der Waals surface area contributed by atoms with E-state index in [4.69, 9.17) is 21.6 Å². The molecule has 0 saturated carbocycles. The van der Waals surface area contributed by atoms with Gasteiger partial charge in [0.2, 0.25) is 0 Å². The number of nitriles is 1. The van der Waals surface area contributed by atoms with Crippen molar-refractivity contribution in [2.45, 2.75) is 6.61 Å². The number of halogens is 4. The Kier molecular flexibility index (Phi) is 4.58. The monoisotopic (exact) mass is 357 g/mol. The molecule has 0 spiro atoms. The molecule has 0 fully saturated rings. The van der Waals surface area contributed by atoms with E-state index in [1.807, 2.05) is 6.07 Å². The zero-order valence-electron chi connectivity index (χ0n) is 9.96. The number of hydrogen-bond donors (Lipinski definition) is 0. The summed E-state index contributed by atoms with van der Waals surface area (Å²) in [7, 11) is 0. The van der Waals surface area contributed by atoms with Crippen molar-refractivity contribution in [2.75, 3.05) is 0 Å². The maximum absolute atomic E-state index is 13.3. The molecule has 0 atom stereocenters. The second kappa shape index (κ2) is 6.21. The highest BCUT2D eigenvalue weighted by Crippen LogP contribution is 2.31. The maximum atomic E-state index is 13.3. The summed E-state index contributed by atoms with van der Waals surface area (Å²) in [4.78, 5) is 0. The van der Waals surface area contributed by atoms with E-state index in [-0.39, 0.29) is 17.4 Å².